The van der Waals surface area contributed by atoms with Crippen LogP contribution in [0.1, 0.15) is 12.0 Å². The highest BCUT2D eigenvalue weighted by Gasteiger charge is 2.29. The van der Waals surface area contributed by atoms with Crippen LogP contribution in [0.3, 0.4) is 0 Å². The van der Waals surface area contributed by atoms with Gasteiger partial charge in [0.2, 0.25) is 5.91 Å². The maximum absolute atomic E-state index is 11.6. The molecule has 1 unspecified atom stereocenters. The zero-order valence-corrected chi connectivity index (χ0v) is 10.6. The minimum atomic E-state index is -0.519. The average Bonchev–Trinajstić information content (AvgIpc) is 2.50. The molecule has 1 aromatic rings. The van der Waals surface area contributed by atoms with E-state index in [2.05, 4.69) is 22.6 Å². The molecule has 0 bridgehead atoms. The molecule has 1 aromatic carbocycles. The standard InChI is InChI=1S/C11H12INO2/c1-7-9(12)3-2-4-10(7)13-6-8(14)5-11(13)15/h2-4,8,14H,5-6H2,1H3. The Kier molecular flexibility index (Phi) is 2.97. The van der Waals surface area contributed by atoms with Gasteiger partial charge in [-0.2, -0.15) is 0 Å². The van der Waals surface area contributed by atoms with Crippen LogP contribution >= 0.6 is 22.6 Å². The summed E-state index contributed by atoms with van der Waals surface area (Å²) in [5, 5.41) is 9.43. The smallest absolute Gasteiger partial charge is 0.229 e. The molecule has 1 N–H and O–H groups in total. The van der Waals surface area contributed by atoms with Crippen LogP contribution in [0.2, 0.25) is 0 Å². The number of benzene rings is 1. The van der Waals surface area contributed by atoms with Gasteiger partial charge >= 0.3 is 0 Å². The first-order chi connectivity index (χ1) is 7.09. The van der Waals surface area contributed by atoms with Gasteiger partial charge in [-0.05, 0) is 47.2 Å². The molecule has 1 fully saturated rings. The molecule has 1 saturated heterocycles. The van der Waals surface area contributed by atoms with Crippen LogP contribution in [-0.2, 0) is 4.79 Å². The third-order valence-corrected chi connectivity index (χ3v) is 3.80. The first-order valence-corrected chi connectivity index (χ1v) is 5.91. The largest absolute Gasteiger partial charge is 0.391 e. The topological polar surface area (TPSA) is 40.5 Å². The second-order valence-corrected chi connectivity index (χ2v) is 4.91. The first kappa shape index (κ1) is 10.9. The van der Waals surface area contributed by atoms with Gasteiger partial charge in [-0.15, -0.1) is 0 Å². The predicted molar refractivity (Wildman–Crippen MR) is 66.9 cm³/mol. The van der Waals surface area contributed by atoms with E-state index in [0.29, 0.717) is 6.54 Å². The number of aliphatic hydroxyl groups is 1. The van der Waals surface area contributed by atoms with Gasteiger partial charge in [0.15, 0.2) is 0 Å². The van der Waals surface area contributed by atoms with Gasteiger partial charge in [0, 0.05) is 9.26 Å². The monoisotopic (exact) mass is 317 g/mol. The Labute approximate surface area is 102 Å². The van der Waals surface area contributed by atoms with Crippen LogP contribution in [0.4, 0.5) is 5.69 Å². The SMILES string of the molecule is Cc1c(I)cccc1N1CC(O)CC1=O. The zero-order valence-electron chi connectivity index (χ0n) is 8.40. The second-order valence-electron chi connectivity index (χ2n) is 3.75. The lowest BCUT2D eigenvalue weighted by molar-refractivity contribution is -0.117. The predicted octanol–water partition coefficient (Wildman–Crippen LogP) is 1.70. The summed E-state index contributed by atoms with van der Waals surface area (Å²) in [5.41, 5.74) is 2.02. The molecule has 0 aliphatic carbocycles. The lowest BCUT2D eigenvalue weighted by Gasteiger charge is -2.19. The Hall–Kier alpha value is -0.620. The van der Waals surface area contributed by atoms with Gasteiger partial charge in [-0.1, -0.05) is 6.07 Å². The second kappa shape index (κ2) is 4.09. The van der Waals surface area contributed by atoms with Crippen molar-refractivity contribution < 1.29 is 9.90 Å². The fourth-order valence-electron chi connectivity index (χ4n) is 1.81. The van der Waals surface area contributed by atoms with Crippen LogP contribution in [-0.4, -0.2) is 23.7 Å². The number of amides is 1. The fourth-order valence-corrected chi connectivity index (χ4v) is 2.29. The van der Waals surface area contributed by atoms with Crippen molar-refractivity contribution in [3.05, 3.63) is 27.3 Å². The summed E-state index contributed by atoms with van der Waals surface area (Å²) in [6.07, 6.45) is -0.278. The molecule has 1 atom stereocenters. The van der Waals surface area contributed by atoms with Crippen molar-refractivity contribution in [2.24, 2.45) is 0 Å². The molecule has 4 heteroatoms. The highest BCUT2D eigenvalue weighted by Crippen LogP contribution is 2.27. The summed E-state index contributed by atoms with van der Waals surface area (Å²) in [6, 6.07) is 5.87. The van der Waals surface area contributed by atoms with E-state index in [1.165, 1.54) is 0 Å². The number of β-amino-alcohol motifs (C(OH)–C–C–N with tert-alkyl or cyclic N) is 1. The molecular weight excluding hydrogens is 305 g/mol. The molecular formula is C11H12INO2. The van der Waals surface area contributed by atoms with E-state index < -0.39 is 6.10 Å². The van der Waals surface area contributed by atoms with E-state index >= 15 is 0 Å². The van der Waals surface area contributed by atoms with Crippen molar-refractivity contribution >= 4 is 34.2 Å². The van der Waals surface area contributed by atoms with Crippen molar-refractivity contribution in [2.75, 3.05) is 11.4 Å². The maximum Gasteiger partial charge on any atom is 0.229 e. The molecule has 2 rings (SSSR count). The molecule has 80 valence electrons. The van der Waals surface area contributed by atoms with Crippen LogP contribution in [0.5, 0.6) is 0 Å². The van der Waals surface area contributed by atoms with E-state index in [1.807, 2.05) is 25.1 Å². The highest BCUT2D eigenvalue weighted by atomic mass is 127. The van der Waals surface area contributed by atoms with E-state index in [4.69, 9.17) is 0 Å². The molecule has 1 aliphatic heterocycles. The van der Waals surface area contributed by atoms with Crippen LogP contribution < -0.4 is 4.90 Å². The Balaban J connectivity index is 2.38. The molecule has 0 saturated carbocycles. The molecule has 1 amide bonds. The molecule has 0 aromatic heterocycles. The summed E-state index contributed by atoms with van der Waals surface area (Å²) in [5.74, 6) is 0.00704. The number of nitrogens with zero attached hydrogens (tertiary/aromatic N) is 1. The first-order valence-electron chi connectivity index (χ1n) is 4.83. The van der Waals surface area contributed by atoms with Crippen molar-refractivity contribution in [1.82, 2.24) is 0 Å². The number of carbonyl (C=O) groups excluding carboxylic acids is 1. The number of anilines is 1. The third-order valence-electron chi connectivity index (χ3n) is 2.63. The van der Waals surface area contributed by atoms with E-state index in [1.54, 1.807) is 4.90 Å². The summed E-state index contributed by atoms with van der Waals surface area (Å²) in [4.78, 5) is 13.3. The normalized spacial score (nSPS) is 21.1. The molecule has 1 aliphatic rings. The summed E-state index contributed by atoms with van der Waals surface area (Å²) < 4.78 is 1.14. The van der Waals surface area contributed by atoms with Gasteiger partial charge in [-0.3, -0.25) is 4.79 Å². The summed E-state index contributed by atoms with van der Waals surface area (Å²) in [6.45, 7) is 2.41. The number of hydrogen-bond acceptors (Lipinski definition) is 2. The van der Waals surface area contributed by atoms with Gasteiger partial charge in [0.25, 0.3) is 0 Å². The van der Waals surface area contributed by atoms with Crippen LogP contribution in [0.25, 0.3) is 0 Å². The summed E-state index contributed by atoms with van der Waals surface area (Å²) in [7, 11) is 0. The molecule has 1 heterocycles. The quantitative estimate of drug-likeness (QED) is 0.801. The lowest BCUT2D eigenvalue weighted by Crippen LogP contribution is -2.26. The van der Waals surface area contributed by atoms with E-state index in [0.717, 1.165) is 14.8 Å². The van der Waals surface area contributed by atoms with Gasteiger partial charge in [0.1, 0.15) is 0 Å². The number of halogens is 1. The minimum absolute atomic E-state index is 0.00704. The average molecular weight is 317 g/mol. The zero-order chi connectivity index (χ0) is 11.0. The number of aliphatic hydroxyl groups excluding tert-OH is 1. The van der Waals surface area contributed by atoms with Gasteiger partial charge in [0.05, 0.1) is 19.1 Å². The Morgan fingerprint density at radius 2 is 2.27 bits per heavy atom. The molecule has 0 radical (unpaired) electrons. The van der Waals surface area contributed by atoms with Crippen LogP contribution in [0.15, 0.2) is 18.2 Å². The Morgan fingerprint density at radius 3 is 2.87 bits per heavy atom. The molecule has 3 nitrogen and oxygen atoms in total. The van der Waals surface area contributed by atoms with Crippen LogP contribution in [0, 0.1) is 10.5 Å². The molecule has 15 heavy (non-hydrogen) atoms. The van der Waals surface area contributed by atoms with Crippen molar-refractivity contribution in [3.63, 3.8) is 0 Å². The van der Waals surface area contributed by atoms with E-state index in [9.17, 15) is 9.90 Å². The van der Waals surface area contributed by atoms with Crippen molar-refractivity contribution in [1.29, 1.82) is 0 Å². The minimum Gasteiger partial charge on any atom is -0.391 e. The lowest BCUT2D eigenvalue weighted by atomic mass is 10.2. The Morgan fingerprint density at radius 1 is 1.53 bits per heavy atom. The number of rotatable bonds is 1. The number of carbonyl (C=O) groups is 1. The van der Waals surface area contributed by atoms with Crippen molar-refractivity contribution in [2.45, 2.75) is 19.4 Å². The van der Waals surface area contributed by atoms with Gasteiger partial charge in [-0.25, -0.2) is 0 Å². The molecule has 0 spiro atoms. The summed E-state index contributed by atoms with van der Waals surface area (Å²) >= 11 is 2.25. The Bertz CT molecular complexity index is 406. The third kappa shape index (κ3) is 2.01. The fraction of sp³-hybridized carbons (Fsp3) is 0.364. The maximum atomic E-state index is 11.6. The van der Waals surface area contributed by atoms with E-state index in [-0.39, 0.29) is 12.3 Å². The highest BCUT2D eigenvalue weighted by molar-refractivity contribution is 14.1. The number of hydrogen-bond donors (Lipinski definition) is 1. The van der Waals surface area contributed by atoms with Crippen molar-refractivity contribution in [3.8, 4) is 0 Å². The van der Waals surface area contributed by atoms with Gasteiger partial charge < -0.3 is 10.0 Å².